The molecule has 1 aromatic carbocycles. The number of benzene rings is 1. The van der Waals surface area contributed by atoms with Crippen LogP contribution in [0.5, 0.6) is 5.75 Å². The van der Waals surface area contributed by atoms with E-state index in [1.165, 1.54) is 11.1 Å². The highest BCUT2D eigenvalue weighted by molar-refractivity contribution is 5.85. The van der Waals surface area contributed by atoms with E-state index in [2.05, 4.69) is 36.3 Å². The lowest BCUT2D eigenvalue weighted by molar-refractivity contribution is 0.327. The Morgan fingerprint density at radius 3 is 2.56 bits per heavy atom. The Hall–Kier alpha value is -0.770. The Labute approximate surface area is 117 Å². The Morgan fingerprint density at radius 2 is 2.00 bits per heavy atom. The second-order valence-corrected chi connectivity index (χ2v) is 4.33. The van der Waals surface area contributed by atoms with Crippen molar-refractivity contribution in [2.45, 2.75) is 19.9 Å². The second kappa shape index (κ2) is 9.20. The Bertz CT molecular complexity index is 345. The number of nitrogens with zero attached hydrogens (tertiary/aromatic N) is 1. The molecule has 0 aliphatic heterocycles. The van der Waals surface area contributed by atoms with E-state index in [1.54, 1.807) is 7.11 Å². The van der Waals surface area contributed by atoms with Gasteiger partial charge in [-0.15, -0.1) is 12.4 Å². The summed E-state index contributed by atoms with van der Waals surface area (Å²) in [6.07, 6.45) is 1.05. The minimum Gasteiger partial charge on any atom is -0.497 e. The number of ether oxygens (including phenoxy) is 1. The number of rotatable bonds is 7. The van der Waals surface area contributed by atoms with Crippen molar-refractivity contribution in [1.29, 1.82) is 0 Å². The van der Waals surface area contributed by atoms with Crippen LogP contribution in [0.25, 0.3) is 0 Å². The number of hydrogen-bond donors (Lipinski definition) is 1. The van der Waals surface area contributed by atoms with Gasteiger partial charge in [0, 0.05) is 19.6 Å². The van der Waals surface area contributed by atoms with Gasteiger partial charge in [0.1, 0.15) is 5.75 Å². The van der Waals surface area contributed by atoms with Gasteiger partial charge in [-0.25, -0.2) is 0 Å². The standard InChI is InChI=1S/C14H24N2O.ClH/c1-5-12-10-14(17-4)7-6-13(12)11-16(3)9-8-15-2;/h6-7,10,15H,5,8-9,11H2,1-4H3;1H. The summed E-state index contributed by atoms with van der Waals surface area (Å²) >= 11 is 0. The van der Waals surface area contributed by atoms with Crippen molar-refractivity contribution in [2.24, 2.45) is 0 Å². The summed E-state index contributed by atoms with van der Waals surface area (Å²) in [5, 5.41) is 3.17. The highest BCUT2D eigenvalue weighted by atomic mass is 35.5. The van der Waals surface area contributed by atoms with E-state index in [0.29, 0.717) is 0 Å². The Morgan fingerprint density at radius 1 is 1.28 bits per heavy atom. The van der Waals surface area contributed by atoms with Crippen LogP contribution in [0, 0.1) is 0 Å². The largest absolute Gasteiger partial charge is 0.497 e. The van der Waals surface area contributed by atoms with Gasteiger partial charge in [-0.3, -0.25) is 0 Å². The molecule has 0 bridgehead atoms. The summed E-state index contributed by atoms with van der Waals surface area (Å²) in [6.45, 7) is 5.26. The summed E-state index contributed by atoms with van der Waals surface area (Å²) in [5.74, 6) is 0.948. The molecule has 3 nitrogen and oxygen atoms in total. The van der Waals surface area contributed by atoms with Crippen LogP contribution in [0.15, 0.2) is 18.2 Å². The van der Waals surface area contributed by atoms with E-state index in [0.717, 1.165) is 31.8 Å². The summed E-state index contributed by atoms with van der Waals surface area (Å²) in [7, 11) is 5.85. The first kappa shape index (κ1) is 17.2. The Balaban J connectivity index is 0.00000289. The predicted molar refractivity (Wildman–Crippen MR) is 79.9 cm³/mol. The van der Waals surface area contributed by atoms with Gasteiger partial charge >= 0.3 is 0 Å². The molecule has 0 aromatic heterocycles. The quantitative estimate of drug-likeness (QED) is 0.825. The summed E-state index contributed by atoms with van der Waals surface area (Å²) in [4.78, 5) is 2.33. The van der Waals surface area contributed by atoms with Gasteiger partial charge in [-0.1, -0.05) is 13.0 Å². The fourth-order valence-electron chi connectivity index (χ4n) is 1.89. The van der Waals surface area contributed by atoms with Crippen molar-refractivity contribution >= 4 is 12.4 Å². The molecule has 1 rings (SSSR count). The molecule has 0 unspecified atom stereocenters. The van der Waals surface area contributed by atoms with E-state index < -0.39 is 0 Å². The average Bonchev–Trinajstić information content (AvgIpc) is 2.36. The van der Waals surface area contributed by atoms with Crippen LogP contribution in [0.4, 0.5) is 0 Å². The SMILES string of the molecule is CCc1cc(OC)ccc1CN(C)CCNC.Cl. The lowest BCUT2D eigenvalue weighted by Crippen LogP contribution is -2.27. The molecule has 0 fully saturated rings. The van der Waals surface area contributed by atoms with Crippen molar-refractivity contribution in [3.8, 4) is 5.75 Å². The van der Waals surface area contributed by atoms with Gasteiger partial charge in [-0.05, 0) is 43.8 Å². The minimum atomic E-state index is 0. The molecule has 0 aliphatic carbocycles. The van der Waals surface area contributed by atoms with Gasteiger partial charge in [0.05, 0.1) is 7.11 Å². The molecule has 0 radical (unpaired) electrons. The molecule has 0 atom stereocenters. The molecular weight excluding hydrogens is 248 g/mol. The van der Waals surface area contributed by atoms with Crippen molar-refractivity contribution in [1.82, 2.24) is 10.2 Å². The maximum absolute atomic E-state index is 5.26. The molecule has 1 N–H and O–H groups in total. The molecule has 0 saturated carbocycles. The molecule has 1 aromatic rings. The zero-order valence-corrected chi connectivity index (χ0v) is 12.6. The number of halogens is 1. The van der Waals surface area contributed by atoms with Crippen LogP contribution >= 0.6 is 12.4 Å². The molecule has 104 valence electrons. The van der Waals surface area contributed by atoms with E-state index in [-0.39, 0.29) is 12.4 Å². The molecule has 4 heteroatoms. The number of nitrogens with one attached hydrogen (secondary N) is 1. The fraction of sp³-hybridized carbons (Fsp3) is 0.571. The zero-order valence-electron chi connectivity index (χ0n) is 11.8. The lowest BCUT2D eigenvalue weighted by Gasteiger charge is -2.18. The number of methoxy groups -OCH3 is 1. The van der Waals surface area contributed by atoms with Crippen molar-refractivity contribution < 1.29 is 4.74 Å². The number of aryl methyl sites for hydroxylation is 1. The molecule has 0 heterocycles. The summed E-state index contributed by atoms with van der Waals surface area (Å²) < 4.78 is 5.26. The average molecular weight is 273 g/mol. The first-order valence-electron chi connectivity index (χ1n) is 6.20. The molecule has 18 heavy (non-hydrogen) atoms. The maximum atomic E-state index is 5.26. The second-order valence-electron chi connectivity index (χ2n) is 4.33. The number of hydrogen-bond acceptors (Lipinski definition) is 3. The first-order chi connectivity index (χ1) is 8.21. The van der Waals surface area contributed by atoms with Crippen molar-refractivity contribution in [3.63, 3.8) is 0 Å². The zero-order chi connectivity index (χ0) is 12.7. The van der Waals surface area contributed by atoms with Gasteiger partial charge in [0.15, 0.2) is 0 Å². The van der Waals surface area contributed by atoms with E-state index in [1.807, 2.05) is 13.1 Å². The number of likely N-dealkylation sites (N-methyl/N-ethyl adjacent to an activating group) is 2. The van der Waals surface area contributed by atoms with E-state index in [4.69, 9.17) is 4.74 Å². The monoisotopic (exact) mass is 272 g/mol. The topological polar surface area (TPSA) is 24.5 Å². The van der Waals surface area contributed by atoms with E-state index >= 15 is 0 Å². The maximum Gasteiger partial charge on any atom is 0.119 e. The van der Waals surface area contributed by atoms with Crippen LogP contribution in [0.1, 0.15) is 18.1 Å². The lowest BCUT2D eigenvalue weighted by atomic mass is 10.0. The molecule has 0 saturated heterocycles. The highest BCUT2D eigenvalue weighted by Crippen LogP contribution is 2.19. The van der Waals surface area contributed by atoms with Gasteiger partial charge in [0.2, 0.25) is 0 Å². The molecule has 0 aliphatic rings. The van der Waals surface area contributed by atoms with Crippen molar-refractivity contribution in [3.05, 3.63) is 29.3 Å². The smallest absolute Gasteiger partial charge is 0.119 e. The van der Waals surface area contributed by atoms with Crippen LogP contribution in [-0.2, 0) is 13.0 Å². The summed E-state index contributed by atoms with van der Waals surface area (Å²) in [6, 6.07) is 6.36. The van der Waals surface area contributed by atoms with Gasteiger partial charge in [-0.2, -0.15) is 0 Å². The normalized spacial score (nSPS) is 10.3. The van der Waals surface area contributed by atoms with Crippen LogP contribution in [0.2, 0.25) is 0 Å². The fourth-order valence-corrected chi connectivity index (χ4v) is 1.89. The summed E-state index contributed by atoms with van der Waals surface area (Å²) in [5.41, 5.74) is 2.77. The minimum absolute atomic E-state index is 0. The van der Waals surface area contributed by atoms with Crippen LogP contribution < -0.4 is 10.1 Å². The Kier molecular flexibility index (Phi) is 8.81. The van der Waals surface area contributed by atoms with Crippen LogP contribution in [-0.4, -0.2) is 39.2 Å². The third kappa shape index (κ3) is 5.25. The van der Waals surface area contributed by atoms with Gasteiger partial charge < -0.3 is 15.0 Å². The van der Waals surface area contributed by atoms with Crippen molar-refractivity contribution in [2.75, 3.05) is 34.3 Å². The predicted octanol–water partition coefficient (Wildman–Crippen LogP) is 2.33. The molecular formula is C14H25ClN2O. The van der Waals surface area contributed by atoms with E-state index in [9.17, 15) is 0 Å². The first-order valence-corrected chi connectivity index (χ1v) is 6.20. The third-order valence-electron chi connectivity index (χ3n) is 2.98. The molecule has 0 amide bonds. The third-order valence-corrected chi connectivity index (χ3v) is 2.98. The highest BCUT2D eigenvalue weighted by Gasteiger charge is 2.05. The van der Waals surface area contributed by atoms with Gasteiger partial charge in [0.25, 0.3) is 0 Å². The molecule has 0 spiro atoms. The van der Waals surface area contributed by atoms with Crippen LogP contribution in [0.3, 0.4) is 0 Å².